The number of hydrogen-bond acceptors (Lipinski definition) is 3. The molecule has 1 aromatic heterocycles. The normalized spacial score (nSPS) is 9.95. The third kappa shape index (κ3) is 3.17. The molecule has 19 heavy (non-hydrogen) atoms. The van der Waals surface area contributed by atoms with Crippen molar-refractivity contribution in [2.24, 2.45) is 0 Å². The highest BCUT2D eigenvalue weighted by Crippen LogP contribution is 2.15. The van der Waals surface area contributed by atoms with Crippen molar-refractivity contribution >= 4 is 33.5 Å². The molecule has 0 saturated carbocycles. The summed E-state index contributed by atoms with van der Waals surface area (Å²) in [5.41, 5.74) is 0.416. The fourth-order valence-corrected chi connectivity index (χ4v) is 1.74. The monoisotopic (exact) mass is 320 g/mol. The van der Waals surface area contributed by atoms with Crippen molar-refractivity contribution in [3.05, 3.63) is 58.3 Å². The highest BCUT2D eigenvalue weighted by Gasteiger charge is 2.14. The van der Waals surface area contributed by atoms with Gasteiger partial charge in [-0.15, -0.1) is 0 Å². The van der Waals surface area contributed by atoms with Gasteiger partial charge in [0.05, 0.1) is 5.69 Å². The molecule has 1 aromatic carbocycles. The third-order valence-electron chi connectivity index (χ3n) is 2.36. The minimum Gasteiger partial charge on any atom is -0.476 e. The maximum absolute atomic E-state index is 12.0. The minimum absolute atomic E-state index is 0.169. The Morgan fingerprint density at radius 3 is 2.47 bits per heavy atom. The third-order valence-corrected chi connectivity index (χ3v) is 2.89. The van der Waals surface area contributed by atoms with Crippen LogP contribution in [-0.4, -0.2) is 22.0 Å². The smallest absolute Gasteiger partial charge is 0.356 e. The van der Waals surface area contributed by atoms with E-state index in [1.165, 1.54) is 12.3 Å². The highest BCUT2D eigenvalue weighted by atomic mass is 79.9. The molecule has 6 heteroatoms. The van der Waals surface area contributed by atoms with E-state index in [-0.39, 0.29) is 17.3 Å². The van der Waals surface area contributed by atoms with Crippen LogP contribution in [0.15, 0.2) is 47.1 Å². The predicted octanol–water partition coefficient (Wildman–Crippen LogP) is 2.79. The Labute approximate surface area is 117 Å². The van der Waals surface area contributed by atoms with E-state index in [0.717, 1.165) is 4.47 Å². The topological polar surface area (TPSA) is 79.3 Å². The van der Waals surface area contributed by atoms with Crippen molar-refractivity contribution in [3.8, 4) is 0 Å². The predicted molar refractivity (Wildman–Crippen MR) is 73.3 cm³/mol. The van der Waals surface area contributed by atoms with Gasteiger partial charge in [-0.05, 0) is 36.4 Å². The average Bonchev–Trinajstić information content (AvgIpc) is 2.39. The maximum atomic E-state index is 12.0. The Kier molecular flexibility index (Phi) is 3.91. The quantitative estimate of drug-likeness (QED) is 0.911. The van der Waals surface area contributed by atoms with Crippen molar-refractivity contribution in [1.29, 1.82) is 0 Å². The van der Waals surface area contributed by atoms with Gasteiger partial charge in [0.15, 0.2) is 5.69 Å². The molecule has 1 heterocycles. The lowest BCUT2D eigenvalue weighted by Crippen LogP contribution is -2.15. The van der Waals surface area contributed by atoms with Crippen LogP contribution < -0.4 is 5.32 Å². The molecule has 0 saturated heterocycles. The number of pyridine rings is 1. The first-order valence-corrected chi connectivity index (χ1v) is 6.12. The number of aromatic nitrogens is 1. The van der Waals surface area contributed by atoms with Crippen molar-refractivity contribution < 1.29 is 14.7 Å². The standard InChI is InChI=1S/C13H9BrN2O3/c14-9-5-3-8(4-6-9)12(17)16-10-2-1-7-15-11(10)13(18)19/h1-7H,(H,16,17)(H,18,19). The fraction of sp³-hybridized carbons (Fsp3) is 0. The van der Waals surface area contributed by atoms with E-state index in [9.17, 15) is 9.59 Å². The SMILES string of the molecule is O=C(Nc1cccnc1C(=O)O)c1ccc(Br)cc1. The molecule has 0 aliphatic carbocycles. The minimum atomic E-state index is -1.19. The molecular weight excluding hydrogens is 312 g/mol. The zero-order valence-electron chi connectivity index (χ0n) is 9.63. The molecule has 0 radical (unpaired) electrons. The summed E-state index contributed by atoms with van der Waals surface area (Å²) in [6.45, 7) is 0. The summed E-state index contributed by atoms with van der Waals surface area (Å²) in [4.78, 5) is 26.6. The molecule has 0 aliphatic heterocycles. The van der Waals surface area contributed by atoms with Crippen molar-refractivity contribution in [1.82, 2.24) is 4.98 Å². The van der Waals surface area contributed by atoms with Gasteiger partial charge in [0.2, 0.25) is 0 Å². The number of nitrogens with zero attached hydrogens (tertiary/aromatic N) is 1. The number of hydrogen-bond donors (Lipinski definition) is 2. The molecule has 96 valence electrons. The second-order valence-corrected chi connectivity index (χ2v) is 4.58. The van der Waals surface area contributed by atoms with Crippen LogP contribution in [0.1, 0.15) is 20.8 Å². The molecule has 2 rings (SSSR count). The summed E-state index contributed by atoms with van der Waals surface area (Å²) >= 11 is 3.27. The molecule has 2 aromatic rings. The number of nitrogens with one attached hydrogen (secondary N) is 1. The van der Waals surface area contributed by atoms with Crippen LogP contribution in [-0.2, 0) is 0 Å². The fourth-order valence-electron chi connectivity index (χ4n) is 1.47. The van der Waals surface area contributed by atoms with Crippen LogP contribution in [0, 0.1) is 0 Å². The molecular formula is C13H9BrN2O3. The zero-order chi connectivity index (χ0) is 13.8. The molecule has 2 N–H and O–H groups in total. The van der Waals surface area contributed by atoms with Gasteiger partial charge >= 0.3 is 5.97 Å². The number of anilines is 1. The van der Waals surface area contributed by atoms with E-state index >= 15 is 0 Å². The number of carboxylic acids is 1. The number of rotatable bonds is 3. The first kappa shape index (κ1) is 13.2. The van der Waals surface area contributed by atoms with Crippen molar-refractivity contribution in [2.75, 3.05) is 5.32 Å². The Hall–Kier alpha value is -2.21. The lowest BCUT2D eigenvalue weighted by Gasteiger charge is -2.07. The number of amides is 1. The number of carbonyl (C=O) groups is 2. The highest BCUT2D eigenvalue weighted by molar-refractivity contribution is 9.10. The van der Waals surface area contributed by atoms with Gasteiger partial charge in [-0.25, -0.2) is 9.78 Å². The number of aromatic carboxylic acids is 1. The summed E-state index contributed by atoms with van der Waals surface area (Å²) in [6.07, 6.45) is 1.36. The lowest BCUT2D eigenvalue weighted by atomic mass is 10.2. The van der Waals surface area contributed by atoms with E-state index in [1.807, 2.05) is 0 Å². The second-order valence-electron chi connectivity index (χ2n) is 3.67. The second kappa shape index (κ2) is 5.62. The molecule has 0 unspecified atom stereocenters. The van der Waals surface area contributed by atoms with Gasteiger partial charge in [0.1, 0.15) is 0 Å². The number of carboxylic acid groups (broad SMARTS) is 1. The molecule has 0 fully saturated rings. The van der Waals surface area contributed by atoms with Gasteiger partial charge in [0, 0.05) is 16.2 Å². The summed E-state index contributed by atoms with van der Waals surface area (Å²) in [5.74, 6) is -1.57. The van der Waals surface area contributed by atoms with Crippen molar-refractivity contribution in [3.63, 3.8) is 0 Å². The Morgan fingerprint density at radius 1 is 1.16 bits per heavy atom. The van der Waals surface area contributed by atoms with E-state index in [0.29, 0.717) is 5.56 Å². The van der Waals surface area contributed by atoms with E-state index in [2.05, 4.69) is 26.2 Å². The van der Waals surface area contributed by atoms with Crippen LogP contribution in [0.5, 0.6) is 0 Å². The molecule has 0 atom stereocenters. The Bertz CT molecular complexity index is 626. The van der Waals surface area contributed by atoms with E-state index in [4.69, 9.17) is 5.11 Å². The van der Waals surface area contributed by atoms with E-state index in [1.54, 1.807) is 30.3 Å². The zero-order valence-corrected chi connectivity index (χ0v) is 11.2. The van der Waals surface area contributed by atoms with Gasteiger partial charge in [-0.1, -0.05) is 15.9 Å². The summed E-state index contributed by atoms with van der Waals surface area (Å²) in [5, 5.41) is 11.5. The first-order valence-electron chi connectivity index (χ1n) is 5.33. The number of halogens is 1. The Morgan fingerprint density at radius 2 is 1.84 bits per heavy atom. The van der Waals surface area contributed by atoms with Gasteiger partial charge in [0.25, 0.3) is 5.91 Å². The molecule has 0 bridgehead atoms. The maximum Gasteiger partial charge on any atom is 0.356 e. The molecule has 5 nitrogen and oxygen atoms in total. The largest absolute Gasteiger partial charge is 0.476 e. The molecule has 1 amide bonds. The number of carbonyl (C=O) groups excluding carboxylic acids is 1. The van der Waals surface area contributed by atoms with Crippen LogP contribution in [0.4, 0.5) is 5.69 Å². The van der Waals surface area contributed by atoms with Crippen LogP contribution >= 0.6 is 15.9 Å². The first-order chi connectivity index (χ1) is 9.08. The van der Waals surface area contributed by atoms with Gasteiger partial charge in [-0.2, -0.15) is 0 Å². The summed E-state index contributed by atoms with van der Waals surface area (Å²) < 4.78 is 0.858. The lowest BCUT2D eigenvalue weighted by molar-refractivity contribution is 0.0692. The van der Waals surface area contributed by atoms with Gasteiger partial charge in [-0.3, -0.25) is 4.79 Å². The molecule has 0 spiro atoms. The number of benzene rings is 1. The van der Waals surface area contributed by atoms with Crippen molar-refractivity contribution in [2.45, 2.75) is 0 Å². The van der Waals surface area contributed by atoms with Crippen LogP contribution in [0.2, 0.25) is 0 Å². The summed E-state index contributed by atoms with van der Waals surface area (Å²) in [7, 11) is 0. The average molecular weight is 321 g/mol. The van der Waals surface area contributed by atoms with Gasteiger partial charge < -0.3 is 10.4 Å². The molecule has 0 aliphatic rings. The van der Waals surface area contributed by atoms with E-state index < -0.39 is 5.97 Å². The Balaban J connectivity index is 2.24. The summed E-state index contributed by atoms with van der Waals surface area (Å²) in [6, 6.07) is 9.79. The van der Waals surface area contributed by atoms with Crippen LogP contribution in [0.3, 0.4) is 0 Å². The van der Waals surface area contributed by atoms with Crippen LogP contribution in [0.25, 0.3) is 0 Å².